The molecule has 14 heavy (non-hydrogen) atoms. The summed E-state index contributed by atoms with van der Waals surface area (Å²) in [4.78, 5) is 4.56. The molecule has 1 N–H and O–H groups in total. The third-order valence-electron chi connectivity index (χ3n) is 2.69. The molecule has 0 spiro atoms. The number of nitrogens with one attached hydrogen (secondary N) is 1. The first-order valence-electron chi connectivity index (χ1n) is 5.03. The van der Waals surface area contributed by atoms with Crippen molar-refractivity contribution in [3.8, 4) is 5.75 Å². The molecule has 0 radical (unpaired) electrons. The number of hydrogen-bond donors (Lipinski definition) is 1. The molecule has 3 heteroatoms. The molecule has 3 nitrogen and oxygen atoms in total. The van der Waals surface area contributed by atoms with Crippen LogP contribution in [0.2, 0.25) is 0 Å². The van der Waals surface area contributed by atoms with Crippen LogP contribution in [-0.4, -0.2) is 25.2 Å². The van der Waals surface area contributed by atoms with Crippen molar-refractivity contribution in [3.63, 3.8) is 0 Å². The Morgan fingerprint density at radius 1 is 1.50 bits per heavy atom. The molecule has 1 saturated heterocycles. The van der Waals surface area contributed by atoms with Crippen LogP contribution >= 0.6 is 0 Å². The van der Waals surface area contributed by atoms with Crippen LogP contribution in [0.1, 0.15) is 23.7 Å². The van der Waals surface area contributed by atoms with Crippen molar-refractivity contribution in [2.45, 2.75) is 19.3 Å². The second kappa shape index (κ2) is 3.96. The topological polar surface area (TPSA) is 34.1 Å². The molecular formula is C11H16N2O. The number of hydrogen-bond acceptors (Lipinski definition) is 3. The molecule has 2 heterocycles. The largest absolute Gasteiger partial charge is 0.495 e. The monoisotopic (exact) mass is 192 g/mol. The maximum Gasteiger partial charge on any atom is 0.140 e. The van der Waals surface area contributed by atoms with Crippen LogP contribution in [0.25, 0.3) is 0 Å². The molecular weight excluding hydrogens is 176 g/mol. The van der Waals surface area contributed by atoms with Gasteiger partial charge in [-0.25, -0.2) is 0 Å². The molecule has 1 aliphatic rings. The van der Waals surface area contributed by atoms with Gasteiger partial charge in [-0.2, -0.15) is 0 Å². The van der Waals surface area contributed by atoms with Crippen LogP contribution < -0.4 is 10.1 Å². The molecule has 1 aliphatic heterocycles. The van der Waals surface area contributed by atoms with Gasteiger partial charge in [0.15, 0.2) is 0 Å². The van der Waals surface area contributed by atoms with E-state index in [1.165, 1.54) is 0 Å². The third kappa shape index (κ3) is 1.73. The van der Waals surface area contributed by atoms with Gasteiger partial charge in [-0.1, -0.05) is 0 Å². The number of pyridine rings is 1. The highest BCUT2D eigenvalue weighted by atomic mass is 16.5. The lowest BCUT2D eigenvalue weighted by atomic mass is 10.0. The molecule has 0 saturated carbocycles. The second-order valence-electron chi connectivity index (χ2n) is 3.73. The zero-order valence-electron chi connectivity index (χ0n) is 8.71. The van der Waals surface area contributed by atoms with Crippen LogP contribution in [0.15, 0.2) is 12.1 Å². The van der Waals surface area contributed by atoms with E-state index in [-0.39, 0.29) is 0 Å². The lowest BCUT2D eigenvalue weighted by Gasteiger charge is -2.13. The van der Waals surface area contributed by atoms with E-state index < -0.39 is 0 Å². The third-order valence-corrected chi connectivity index (χ3v) is 2.69. The molecule has 1 aromatic heterocycles. The van der Waals surface area contributed by atoms with Crippen molar-refractivity contribution >= 4 is 0 Å². The van der Waals surface area contributed by atoms with E-state index in [9.17, 15) is 0 Å². The first-order valence-corrected chi connectivity index (χ1v) is 5.03. The average molecular weight is 192 g/mol. The Morgan fingerprint density at radius 2 is 2.36 bits per heavy atom. The molecule has 0 aromatic carbocycles. The maximum atomic E-state index is 5.32. The molecule has 0 bridgehead atoms. The average Bonchev–Trinajstić information content (AvgIpc) is 2.70. The number of ether oxygens (including phenoxy) is 1. The SMILES string of the molecule is COc1ccc(C)nc1C1CCNC1. The van der Waals surface area contributed by atoms with Crippen molar-refractivity contribution in [1.29, 1.82) is 0 Å². The second-order valence-corrected chi connectivity index (χ2v) is 3.73. The van der Waals surface area contributed by atoms with Gasteiger partial charge in [0.05, 0.1) is 12.8 Å². The molecule has 1 fully saturated rings. The van der Waals surface area contributed by atoms with Gasteiger partial charge < -0.3 is 10.1 Å². The van der Waals surface area contributed by atoms with Gasteiger partial charge in [-0.15, -0.1) is 0 Å². The van der Waals surface area contributed by atoms with E-state index in [0.717, 1.165) is 36.6 Å². The van der Waals surface area contributed by atoms with Gasteiger partial charge in [0, 0.05) is 18.2 Å². The summed E-state index contributed by atoms with van der Waals surface area (Å²) in [5.74, 6) is 1.44. The minimum Gasteiger partial charge on any atom is -0.495 e. The van der Waals surface area contributed by atoms with Crippen LogP contribution in [0.3, 0.4) is 0 Å². The minimum atomic E-state index is 0.518. The summed E-state index contributed by atoms with van der Waals surface area (Å²) < 4.78 is 5.32. The lowest BCUT2D eigenvalue weighted by molar-refractivity contribution is 0.402. The summed E-state index contributed by atoms with van der Waals surface area (Å²) in [7, 11) is 1.71. The molecule has 1 atom stereocenters. The highest BCUT2D eigenvalue weighted by Crippen LogP contribution is 2.28. The Balaban J connectivity index is 2.33. The molecule has 1 unspecified atom stereocenters. The Kier molecular flexibility index (Phi) is 2.68. The molecule has 76 valence electrons. The van der Waals surface area contributed by atoms with Gasteiger partial charge in [0.1, 0.15) is 5.75 Å². The molecule has 2 rings (SSSR count). The minimum absolute atomic E-state index is 0.518. The number of rotatable bonds is 2. The van der Waals surface area contributed by atoms with Crippen LogP contribution in [-0.2, 0) is 0 Å². The highest BCUT2D eigenvalue weighted by Gasteiger charge is 2.21. The van der Waals surface area contributed by atoms with Crippen molar-refractivity contribution < 1.29 is 4.74 Å². The van der Waals surface area contributed by atoms with Gasteiger partial charge in [0.25, 0.3) is 0 Å². The first kappa shape index (κ1) is 9.46. The quantitative estimate of drug-likeness (QED) is 0.770. The van der Waals surface area contributed by atoms with E-state index >= 15 is 0 Å². The number of nitrogens with zero attached hydrogens (tertiary/aromatic N) is 1. The van der Waals surface area contributed by atoms with Crippen molar-refractivity contribution in [2.75, 3.05) is 20.2 Å². The zero-order chi connectivity index (χ0) is 9.97. The Bertz CT molecular complexity index is 319. The van der Waals surface area contributed by atoms with Crippen molar-refractivity contribution in [3.05, 3.63) is 23.5 Å². The van der Waals surface area contributed by atoms with E-state index in [0.29, 0.717) is 5.92 Å². The van der Waals surface area contributed by atoms with E-state index in [1.807, 2.05) is 19.1 Å². The maximum absolute atomic E-state index is 5.32. The fourth-order valence-electron chi connectivity index (χ4n) is 1.92. The highest BCUT2D eigenvalue weighted by molar-refractivity contribution is 5.32. The normalized spacial score (nSPS) is 21.1. The van der Waals surface area contributed by atoms with Crippen LogP contribution in [0.4, 0.5) is 0 Å². The van der Waals surface area contributed by atoms with Crippen molar-refractivity contribution in [2.24, 2.45) is 0 Å². The Morgan fingerprint density at radius 3 is 3.00 bits per heavy atom. The number of aryl methyl sites for hydroxylation is 1. The van der Waals surface area contributed by atoms with Gasteiger partial charge >= 0.3 is 0 Å². The Labute approximate surface area is 84.5 Å². The smallest absolute Gasteiger partial charge is 0.140 e. The standard InChI is InChI=1S/C11H16N2O/c1-8-3-4-10(14-2)11(13-8)9-5-6-12-7-9/h3-4,9,12H,5-7H2,1-2H3. The summed E-state index contributed by atoms with van der Waals surface area (Å²) in [6, 6.07) is 4.00. The van der Waals surface area contributed by atoms with Crippen LogP contribution in [0, 0.1) is 6.92 Å². The van der Waals surface area contributed by atoms with Gasteiger partial charge in [-0.05, 0) is 32.0 Å². The van der Waals surface area contributed by atoms with Gasteiger partial charge in [0.2, 0.25) is 0 Å². The Hall–Kier alpha value is -1.09. The summed E-state index contributed by atoms with van der Waals surface area (Å²) in [5.41, 5.74) is 2.17. The first-order chi connectivity index (χ1) is 6.81. The summed E-state index contributed by atoms with van der Waals surface area (Å²) in [6.07, 6.45) is 1.16. The number of methoxy groups -OCH3 is 1. The summed E-state index contributed by atoms with van der Waals surface area (Å²) in [6.45, 7) is 4.13. The zero-order valence-corrected chi connectivity index (χ0v) is 8.71. The van der Waals surface area contributed by atoms with E-state index in [2.05, 4.69) is 10.3 Å². The lowest BCUT2D eigenvalue weighted by Crippen LogP contribution is -2.10. The van der Waals surface area contributed by atoms with E-state index in [1.54, 1.807) is 7.11 Å². The molecule has 0 amide bonds. The van der Waals surface area contributed by atoms with Crippen LogP contribution in [0.5, 0.6) is 5.75 Å². The number of aromatic nitrogens is 1. The summed E-state index contributed by atoms with van der Waals surface area (Å²) >= 11 is 0. The van der Waals surface area contributed by atoms with Crippen molar-refractivity contribution in [1.82, 2.24) is 10.3 Å². The fourth-order valence-corrected chi connectivity index (χ4v) is 1.92. The molecule has 1 aromatic rings. The summed E-state index contributed by atoms with van der Waals surface area (Å²) in [5, 5.41) is 3.35. The fraction of sp³-hybridized carbons (Fsp3) is 0.545. The molecule has 0 aliphatic carbocycles. The van der Waals surface area contributed by atoms with E-state index in [4.69, 9.17) is 4.74 Å². The predicted molar refractivity (Wildman–Crippen MR) is 55.8 cm³/mol. The predicted octanol–water partition coefficient (Wildman–Crippen LogP) is 1.48. The van der Waals surface area contributed by atoms with Gasteiger partial charge in [-0.3, -0.25) is 4.98 Å².